The Morgan fingerprint density at radius 3 is 2.43 bits per heavy atom. The summed E-state index contributed by atoms with van der Waals surface area (Å²) in [5.41, 5.74) is 1.89. The van der Waals surface area contributed by atoms with Gasteiger partial charge in [0, 0.05) is 12.2 Å². The minimum Gasteiger partial charge on any atom is -0.494 e. The van der Waals surface area contributed by atoms with Crippen molar-refractivity contribution in [1.29, 1.82) is 0 Å². The van der Waals surface area contributed by atoms with Crippen molar-refractivity contribution in [3.05, 3.63) is 78.0 Å². The average Bonchev–Trinajstić information content (AvgIpc) is 2.72. The molecule has 1 heterocycles. The first-order valence-electron chi connectivity index (χ1n) is 8.98. The monoisotopic (exact) mass is 380 g/mol. The fourth-order valence-corrected chi connectivity index (χ4v) is 2.52. The molecule has 0 bridgehead atoms. The van der Waals surface area contributed by atoms with Gasteiger partial charge in [0.2, 0.25) is 0 Å². The van der Waals surface area contributed by atoms with Gasteiger partial charge in [0.15, 0.2) is 0 Å². The molecule has 7 heteroatoms. The van der Waals surface area contributed by atoms with Gasteiger partial charge in [-0.15, -0.1) is 0 Å². The van der Waals surface area contributed by atoms with Crippen LogP contribution in [0.3, 0.4) is 0 Å². The molecule has 0 aliphatic heterocycles. The van der Waals surface area contributed by atoms with Gasteiger partial charge in [-0.3, -0.25) is 4.79 Å². The Labute approximate surface area is 162 Å². The predicted octanol–water partition coefficient (Wildman–Crippen LogP) is 3.92. The first kappa shape index (κ1) is 19.3. The van der Waals surface area contributed by atoms with Gasteiger partial charge in [-0.25, -0.2) is 14.4 Å². The molecule has 0 saturated heterocycles. The van der Waals surface area contributed by atoms with Crippen LogP contribution in [0.2, 0.25) is 0 Å². The Balaban J connectivity index is 1.50. The summed E-state index contributed by atoms with van der Waals surface area (Å²) in [6.07, 6.45) is 3.66. The van der Waals surface area contributed by atoms with Gasteiger partial charge in [0.05, 0.1) is 19.0 Å². The highest BCUT2D eigenvalue weighted by Crippen LogP contribution is 2.16. The van der Waals surface area contributed by atoms with Crippen molar-refractivity contribution < 1.29 is 13.9 Å². The average molecular weight is 380 g/mol. The van der Waals surface area contributed by atoms with Gasteiger partial charge < -0.3 is 15.4 Å². The zero-order valence-corrected chi connectivity index (χ0v) is 15.5. The van der Waals surface area contributed by atoms with E-state index in [1.54, 1.807) is 36.4 Å². The number of amides is 1. The number of halogens is 1. The molecule has 0 saturated carbocycles. The second-order valence-electron chi connectivity index (χ2n) is 6.00. The zero-order chi connectivity index (χ0) is 19.8. The number of nitrogens with zero attached hydrogens (tertiary/aromatic N) is 2. The van der Waals surface area contributed by atoms with Crippen LogP contribution in [-0.2, 0) is 6.42 Å². The minimum absolute atomic E-state index is 0.220. The van der Waals surface area contributed by atoms with Crippen LogP contribution in [0.1, 0.15) is 23.0 Å². The van der Waals surface area contributed by atoms with E-state index in [1.807, 2.05) is 6.92 Å². The first-order chi connectivity index (χ1) is 13.6. The quantitative estimate of drug-likeness (QED) is 0.619. The standard InChI is InChI=1S/C21H21FN4O2/c1-2-28-18-9-7-17(8-10-18)26-21(27)19-13-25-20(14-24-19)23-12-11-15-3-5-16(22)6-4-15/h3-10,13-14H,2,11-12H2,1H3,(H,23,25)(H,26,27). The van der Waals surface area contributed by atoms with E-state index in [4.69, 9.17) is 4.74 Å². The molecule has 1 aromatic heterocycles. The molecule has 0 fully saturated rings. The number of hydrogen-bond donors (Lipinski definition) is 2. The number of ether oxygens (including phenoxy) is 1. The molecule has 0 unspecified atom stereocenters. The molecule has 144 valence electrons. The lowest BCUT2D eigenvalue weighted by Gasteiger charge is -2.08. The van der Waals surface area contributed by atoms with E-state index in [2.05, 4.69) is 20.6 Å². The molecule has 2 aromatic carbocycles. The van der Waals surface area contributed by atoms with Crippen LogP contribution in [0.4, 0.5) is 15.9 Å². The summed E-state index contributed by atoms with van der Waals surface area (Å²) in [4.78, 5) is 20.6. The largest absolute Gasteiger partial charge is 0.494 e. The van der Waals surface area contributed by atoms with E-state index < -0.39 is 0 Å². The molecule has 3 aromatic rings. The molecule has 28 heavy (non-hydrogen) atoms. The number of carbonyl (C=O) groups is 1. The molecule has 6 nitrogen and oxygen atoms in total. The molecule has 0 spiro atoms. The highest BCUT2D eigenvalue weighted by molar-refractivity contribution is 6.02. The van der Waals surface area contributed by atoms with Gasteiger partial charge in [-0.05, 0) is 55.3 Å². The van der Waals surface area contributed by atoms with Crippen LogP contribution < -0.4 is 15.4 Å². The molecule has 0 radical (unpaired) electrons. The summed E-state index contributed by atoms with van der Waals surface area (Å²) in [6, 6.07) is 13.5. The SMILES string of the molecule is CCOc1ccc(NC(=O)c2cnc(NCCc3ccc(F)cc3)cn2)cc1. The van der Waals surface area contributed by atoms with E-state index in [0.29, 0.717) is 24.7 Å². The highest BCUT2D eigenvalue weighted by Gasteiger charge is 2.09. The molecule has 0 atom stereocenters. The third-order valence-corrected chi connectivity index (χ3v) is 3.94. The number of anilines is 2. The topological polar surface area (TPSA) is 76.1 Å². The van der Waals surface area contributed by atoms with Crippen molar-refractivity contribution in [2.24, 2.45) is 0 Å². The van der Waals surface area contributed by atoms with Crippen molar-refractivity contribution in [3.8, 4) is 5.75 Å². The smallest absolute Gasteiger partial charge is 0.275 e. The minimum atomic E-state index is -0.338. The third-order valence-electron chi connectivity index (χ3n) is 3.94. The first-order valence-corrected chi connectivity index (χ1v) is 8.98. The van der Waals surface area contributed by atoms with Crippen LogP contribution in [0.15, 0.2) is 60.9 Å². The van der Waals surface area contributed by atoms with Crippen LogP contribution >= 0.6 is 0 Å². The lowest BCUT2D eigenvalue weighted by atomic mass is 10.1. The molecule has 0 aliphatic rings. The van der Waals surface area contributed by atoms with Gasteiger partial charge in [0.1, 0.15) is 23.1 Å². The van der Waals surface area contributed by atoms with Crippen molar-refractivity contribution >= 4 is 17.4 Å². The number of carbonyl (C=O) groups excluding carboxylic acids is 1. The van der Waals surface area contributed by atoms with E-state index in [1.165, 1.54) is 24.5 Å². The van der Waals surface area contributed by atoms with Gasteiger partial charge in [-0.2, -0.15) is 0 Å². The number of aromatic nitrogens is 2. The van der Waals surface area contributed by atoms with Crippen molar-refractivity contribution in [1.82, 2.24) is 9.97 Å². The summed E-state index contributed by atoms with van der Waals surface area (Å²) in [5, 5.41) is 5.90. The lowest BCUT2D eigenvalue weighted by molar-refractivity contribution is 0.102. The Hall–Kier alpha value is -3.48. The summed E-state index contributed by atoms with van der Waals surface area (Å²) >= 11 is 0. The molecular weight excluding hydrogens is 359 g/mol. The van der Waals surface area contributed by atoms with Crippen LogP contribution in [0.5, 0.6) is 5.75 Å². The van der Waals surface area contributed by atoms with Crippen LogP contribution in [-0.4, -0.2) is 29.0 Å². The zero-order valence-electron chi connectivity index (χ0n) is 15.5. The summed E-state index contributed by atoms with van der Waals surface area (Å²) in [5.74, 6) is 0.729. The van der Waals surface area contributed by atoms with Crippen molar-refractivity contribution in [2.45, 2.75) is 13.3 Å². The van der Waals surface area contributed by atoms with Crippen LogP contribution in [0.25, 0.3) is 0 Å². The van der Waals surface area contributed by atoms with Gasteiger partial charge >= 0.3 is 0 Å². The Morgan fingerprint density at radius 1 is 1.04 bits per heavy atom. The van der Waals surface area contributed by atoms with Gasteiger partial charge in [0.25, 0.3) is 5.91 Å². The van der Waals surface area contributed by atoms with Gasteiger partial charge in [-0.1, -0.05) is 12.1 Å². The number of hydrogen-bond acceptors (Lipinski definition) is 5. The fraction of sp³-hybridized carbons (Fsp3) is 0.190. The normalized spacial score (nSPS) is 10.4. The maximum Gasteiger partial charge on any atom is 0.275 e. The Morgan fingerprint density at radius 2 is 1.79 bits per heavy atom. The maximum atomic E-state index is 12.9. The molecular formula is C21H21FN4O2. The Bertz CT molecular complexity index is 897. The van der Waals surface area contributed by atoms with E-state index in [0.717, 1.165) is 17.7 Å². The second kappa shape index (κ2) is 9.45. The van der Waals surface area contributed by atoms with E-state index in [-0.39, 0.29) is 17.4 Å². The molecule has 2 N–H and O–H groups in total. The maximum absolute atomic E-state index is 12.9. The summed E-state index contributed by atoms with van der Waals surface area (Å²) < 4.78 is 18.3. The Kier molecular flexibility index (Phi) is 6.51. The number of benzene rings is 2. The summed E-state index contributed by atoms with van der Waals surface area (Å²) in [6.45, 7) is 3.12. The highest BCUT2D eigenvalue weighted by atomic mass is 19.1. The van der Waals surface area contributed by atoms with E-state index >= 15 is 0 Å². The fourth-order valence-electron chi connectivity index (χ4n) is 2.52. The predicted molar refractivity (Wildman–Crippen MR) is 106 cm³/mol. The van der Waals surface area contributed by atoms with Crippen molar-refractivity contribution in [2.75, 3.05) is 23.8 Å². The third kappa shape index (κ3) is 5.51. The number of nitrogens with one attached hydrogen (secondary N) is 2. The van der Waals surface area contributed by atoms with Crippen LogP contribution in [0, 0.1) is 5.82 Å². The molecule has 1 amide bonds. The second-order valence-corrected chi connectivity index (χ2v) is 6.00. The number of rotatable bonds is 8. The molecule has 3 rings (SSSR count). The summed E-state index contributed by atoms with van der Waals surface area (Å²) in [7, 11) is 0. The molecule has 0 aliphatic carbocycles. The lowest BCUT2D eigenvalue weighted by Crippen LogP contribution is -2.15. The van der Waals surface area contributed by atoms with E-state index in [9.17, 15) is 9.18 Å². The van der Waals surface area contributed by atoms with Crippen molar-refractivity contribution in [3.63, 3.8) is 0 Å².